The van der Waals surface area contributed by atoms with E-state index in [4.69, 9.17) is 0 Å². The maximum Gasteiger partial charge on any atom is 0.337 e. The highest BCUT2D eigenvalue weighted by atomic mass is 16.5. The van der Waals surface area contributed by atoms with Crippen LogP contribution < -0.4 is 4.90 Å². The number of amides is 1. The van der Waals surface area contributed by atoms with Crippen molar-refractivity contribution in [2.24, 2.45) is 0 Å². The Balaban J connectivity index is 2.18. The summed E-state index contributed by atoms with van der Waals surface area (Å²) in [6.07, 6.45) is -0.457. The number of hydrogen-bond acceptors (Lipinski definition) is 4. The van der Waals surface area contributed by atoms with Gasteiger partial charge in [0, 0.05) is 5.69 Å². The summed E-state index contributed by atoms with van der Waals surface area (Å²) in [7, 11) is 1.32. The Bertz CT molecular complexity index is 440. The van der Waals surface area contributed by atoms with Crippen molar-refractivity contribution in [1.29, 1.82) is 0 Å². The molecule has 1 aromatic rings. The fraction of sp³-hybridized carbons (Fsp3) is 0.333. The van der Waals surface area contributed by atoms with Crippen LogP contribution in [0, 0.1) is 0 Å². The average Bonchev–Trinajstić information content (AvgIpc) is 2.68. The van der Waals surface area contributed by atoms with Crippen LogP contribution in [0.15, 0.2) is 24.3 Å². The van der Waals surface area contributed by atoms with Gasteiger partial charge in [-0.3, -0.25) is 4.79 Å². The van der Waals surface area contributed by atoms with Crippen LogP contribution in [-0.4, -0.2) is 36.7 Å². The highest BCUT2D eigenvalue weighted by molar-refractivity contribution is 5.97. The molecule has 0 spiro atoms. The van der Waals surface area contributed by atoms with Gasteiger partial charge in [0.05, 0.1) is 31.7 Å². The molecule has 1 aromatic carbocycles. The van der Waals surface area contributed by atoms with Crippen molar-refractivity contribution in [1.82, 2.24) is 0 Å². The fourth-order valence-corrected chi connectivity index (χ4v) is 1.83. The molecule has 90 valence electrons. The second-order valence-electron chi connectivity index (χ2n) is 3.90. The Morgan fingerprint density at radius 1 is 1.41 bits per heavy atom. The largest absolute Gasteiger partial charge is 0.465 e. The molecule has 1 amide bonds. The molecule has 0 aliphatic carbocycles. The number of carbonyl (C=O) groups excluding carboxylic acids is 2. The predicted molar refractivity (Wildman–Crippen MR) is 60.8 cm³/mol. The van der Waals surface area contributed by atoms with Crippen LogP contribution in [0.25, 0.3) is 0 Å². The average molecular weight is 235 g/mol. The Kier molecular flexibility index (Phi) is 3.10. The molecule has 1 saturated heterocycles. The van der Waals surface area contributed by atoms with E-state index >= 15 is 0 Å². The Morgan fingerprint density at radius 3 is 2.53 bits per heavy atom. The van der Waals surface area contributed by atoms with Gasteiger partial charge in [-0.1, -0.05) is 0 Å². The standard InChI is InChI=1S/C12H13NO4/c1-17-12(16)8-2-4-9(5-3-8)13-7-10(14)6-11(13)15/h2-5,10,14H,6-7H2,1H3. The Hall–Kier alpha value is -1.88. The maximum absolute atomic E-state index is 11.5. The topological polar surface area (TPSA) is 66.8 Å². The van der Waals surface area contributed by atoms with Crippen LogP contribution in [0.3, 0.4) is 0 Å². The molecule has 0 bridgehead atoms. The summed E-state index contributed by atoms with van der Waals surface area (Å²) in [4.78, 5) is 24.3. The van der Waals surface area contributed by atoms with Gasteiger partial charge in [0.15, 0.2) is 0 Å². The third-order valence-electron chi connectivity index (χ3n) is 2.70. The summed E-state index contributed by atoms with van der Waals surface area (Å²) in [5, 5.41) is 9.38. The van der Waals surface area contributed by atoms with E-state index in [0.29, 0.717) is 17.8 Å². The lowest BCUT2D eigenvalue weighted by atomic mass is 10.2. The number of hydrogen-bond donors (Lipinski definition) is 1. The van der Waals surface area contributed by atoms with Gasteiger partial charge in [0.1, 0.15) is 0 Å². The molecular weight excluding hydrogens is 222 g/mol. The molecule has 1 heterocycles. The van der Waals surface area contributed by atoms with Gasteiger partial charge in [-0.25, -0.2) is 4.79 Å². The molecule has 1 atom stereocenters. The number of nitrogens with zero attached hydrogens (tertiary/aromatic N) is 1. The summed E-state index contributed by atoms with van der Waals surface area (Å²) in [5.41, 5.74) is 1.11. The molecule has 0 aromatic heterocycles. The highest BCUT2D eigenvalue weighted by Gasteiger charge is 2.28. The molecule has 1 N–H and O–H groups in total. The van der Waals surface area contributed by atoms with Crippen molar-refractivity contribution >= 4 is 17.6 Å². The van der Waals surface area contributed by atoms with E-state index in [1.807, 2.05) is 0 Å². The minimum absolute atomic E-state index is 0.108. The zero-order valence-corrected chi connectivity index (χ0v) is 9.42. The minimum Gasteiger partial charge on any atom is -0.465 e. The summed E-state index contributed by atoms with van der Waals surface area (Å²) < 4.78 is 4.58. The molecule has 1 aliphatic rings. The molecular formula is C12H13NO4. The number of aliphatic hydroxyl groups is 1. The van der Waals surface area contributed by atoms with Crippen LogP contribution in [0.5, 0.6) is 0 Å². The molecule has 17 heavy (non-hydrogen) atoms. The van der Waals surface area contributed by atoms with Gasteiger partial charge in [0.2, 0.25) is 5.91 Å². The van der Waals surface area contributed by atoms with Crippen molar-refractivity contribution in [3.05, 3.63) is 29.8 Å². The van der Waals surface area contributed by atoms with Gasteiger partial charge in [-0.15, -0.1) is 0 Å². The van der Waals surface area contributed by atoms with Gasteiger partial charge in [0.25, 0.3) is 0 Å². The number of carbonyl (C=O) groups is 2. The number of rotatable bonds is 2. The number of benzene rings is 1. The Morgan fingerprint density at radius 2 is 2.06 bits per heavy atom. The third kappa shape index (κ3) is 2.29. The van der Waals surface area contributed by atoms with Crippen molar-refractivity contribution in [3.8, 4) is 0 Å². The van der Waals surface area contributed by atoms with Crippen LogP contribution in [0.1, 0.15) is 16.8 Å². The van der Waals surface area contributed by atoms with E-state index < -0.39 is 12.1 Å². The number of β-amino-alcohol motifs (C(OH)–C–C–N with tert-alkyl or cyclic N) is 1. The van der Waals surface area contributed by atoms with Gasteiger partial charge in [-0.05, 0) is 24.3 Å². The summed E-state index contributed by atoms with van der Waals surface area (Å²) in [6, 6.07) is 6.53. The van der Waals surface area contributed by atoms with E-state index in [-0.39, 0.29) is 12.3 Å². The van der Waals surface area contributed by atoms with Gasteiger partial charge < -0.3 is 14.7 Å². The quantitative estimate of drug-likeness (QED) is 0.761. The van der Waals surface area contributed by atoms with E-state index in [1.165, 1.54) is 12.0 Å². The third-order valence-corrected chi connectivity index (χ3v) is 2.70. The zero-order chi connectivity index (χ0) is 12.4. The zero-order valence-electron chi connectivity index (χ0n) is 9.42. The molecule has 2 rings (SSSR count). The van der Waals surface area contributed by atoms with Crippen LogP contribution in [-0.2, 0) is 9.53 Å². The molecule has 1 aliphatic heterocycles. The van der Waals surface area contributed by atoms with Crippen molar-refractivity contribution < 1.29 is 19.4 Å². The first-order valence-electron chi connectivity index (χ1n) is 5.28. The van der Waals surface area contributed by atoms with Gasteiger partial charge in [-0.2, -0.15) is 0 Å². The van der Waals surface area contributed by atoms with Crippen molar-refractivity contribution in [2.75, 3.05) is 18.6 Å². The highest BCUT2D eigenvalue weighted by Crippen LogP contribution is 2.22. The molecule has 0 saturated carbocycles. The van der Waals surface area contributed by atoms with E-state index in [1.54, 1.807) is 24.3 Å². The molecule has 5 nitrogen and oxygen atoms in total. The van der Waals surface area contributed by atoms with E-state index in [2.05, 4.69) is 4.74 Å². The first-order valence-corrected chi connectivity index (χ1v) is 5.28. The van der Waals surface area contributed by atoms with Gasteiger partial charge >= 0.3 is 5.97 Å². The van der Waals surface area contributed by atoms with Crippen LogP contribution in [0.4, 0.5) is 5.69 Å². The molecule has 0 radical (unpaired) electrons. The summed E-state index contributed by atoms with van der Waals surface area (Å²) in [6.45, 7) is 0.302. The minimum atomic E-state index is -0.609. The van der Waals surface area contributed by atoms with E-state index in [0.717, 1.165) is 0 Å². The monoisotopic (exact) mass is 235 g/mol. The molecule has 5 heteroatoms. The second-order valence-corrected chi connectivity index (χ2v) is 3.90. The Labute approximate surface area is 98.6 Å². The predicted octanol–water partition coefficient (Wildman–Crippen LogP) is 0.571. The van der Waals surface area contributed by atoms with Crippen LogP contribution >= 0.6 is 0 Å². The second kappa shape index (κ2) is 4.55. The normalized spacial score (nSPS) is 19.5. The lowest BCUT2D eigenvalue weighted by molar-refractivity contribution is -0.117. The number of esters is 1. The first-order chi connectivity index (χ1) is 8.11. The van der Waals surface area contributed by atoms with Crippen molar-refractivity contribution in [2.45, 2.75) is 12.5 Å². The maximum atomic E-state index is 11.5. The smallest absolute Gasteiger partial charge is 0.337 e. The summed E-state index contributed by atoms with van der Waals surface area (Å²) >= 11 is 0. The molecule has 1 fully saturated rings. The SMILES string of the molecule is COC(=O)c1ccc(N2CC(O)CC2=O)cc1. The number of ether oxygens (including phenoxy) is 1. The first kappa shape index (κ1) is 11.6. The molecule has 1 unspecified atom stereocenters. The lowest BCUT2D eigenvalue weighted by Crippen LogP contribution is -2.25. The van der Waals surface area contributed by atoms with Crippen LogP contribution in [0.2, 0.25) is 0 Å². The fourth-order valence-electron chi connectivity index (χ4n) is 1.83. The number of aliphatic hydroxyl groups excluding tert-OH is 1. The van der Waals surface area contributed by atoms with E-state index in [9.17, 15) is 14.7 Å². The summed E-state index contributed by atoms with van der Waals surface area (Å²) in [5.74, 6) is -0.521. The lowest BCUT2D eigenvalue weighted by Gasteiger charge is -2.15. The van der Waals surface area contributed by atoms with Crippen molar-refractivity contribution in [3.63, 3.8) is 0 Å². The number of methoxy groups -OCH3 is 1. The number of anilines is 1.